The number of nitrogens with one attached hydrogen (secondary N) is 1. The van der Waals surface area contributed by atoms with Crippen molar-refractivity contribution in [2.45, 2.75) is 35.2 Å². The van der Waals surface area contributed by atoms with Crippen molar-refractivity contribution in [2.75, 3.05) is 0 Å². The molecule has 1 atom stereocenters. The standard InChI is InChI=1S/C34H29N5O4S2/c1-24-8-7-11-26(20-24)23-44-34-36-35-33(38(34)29-15-17-30(18-16-29)39(40)41)32(21-25-9-3-2-4-10-25)37-45(42,43)31-19-14-27-12-5-6-13-28(27)22-31/h2-20,22,32,37H,21,23H2,1H3. The molecular weight excluding hydrogens is 607 g/mol. The number of thioether (sulfide) groups is 1. The molecule has 0 spiro atoms. The molecule has 5 aromatic carbocycles. The van der Waals surface area contributed by atoms with Gasteiger partial charge < -0.3 is 0 Å². The van der Waals surface area contributed by atoms with Crippen molar-refractivity contribution in [2.24, 2.45) is 0 Å². The van der Waals surface area contributed by atoms with Crippen molar-refractivity contribution in [1.82, 2.24) is 19.5 Å². The summed E-state index contributed by atoms with van der Waals surface area (Å²) in [7, 11) is -4.01. The molecule has 11 heteroatoms. The van der Waals surface area contributed by atoms with Gasteiger partial charge in [0, 0.05) is 23.6 Å². The number of aryl methyl sites for hydroxylation is 1. The Balaban J connectivity index is 1.43. The first-order chi connectivity index (χ1) is 21.8. The molecule has 0 aliphatic heterocycles. The highest BCUT2D eigenvalue weighted by Gasteiger charge is 2.28. The lowest BCUT2D eigenvalue weighted by atomic mass is 10.1. The van der Waals surface area contributed by atoms with Crippen LogP contribution in [0.15, 0.2) is 131 Å². The van der Waals surface area contributed by atoms with E-state index in [9.17, 15) is 18.5 Å². The smallest absolute Gasteiger partial charge is 0.269 e. The Hall–Kier alpha value is -4.84. The Morgan fingerprint density at radius 3 is 2.27 bits per heavy atom. The molecule has 0 aliphatic rings. The van der Waals surface area contributed by atoms with Crippen molar-refractivity contribution in [3.8, 4) is 5.69 Å². The first-order valence-corrected chi connectivity index (χ1v) is 16.7. The maximum Gasteiger partial charge on any atom is 0.269 e. The van der Waals surface area contributed by atoms with E-state index in [1.54, 1.807) is 34.9 Å². The summed E-state index contributed by atoms with van der Waals surface area (Å²) in [6.45, 7) is 2.03. The van der Waals surface area contributed by atoms with Crippen LogP contribution in [0.2, 0.25) is 0 Å². The highest BCUT2D eigenvalue weighted by Crippen LogP contribution is 2.31. The number of nitrogens with zero attached hydrogens (tertiary/aromatic N) is 4. The molecule has 0 saturated heterocycles. The molecule has 1 N–H and O–H groups in total. The van der Waals surface area contributed by atoms with Gasteiger partial charge in [0.25, 0.3) is 5.69 Å². The molecule has 0 amide bonds. The fourth-order valence-electron chi connectivity index (χ4n) is 5.14. The summed E-state index contributed by atoms with van der Waals surface area (Å²) in [5.74, 6) is 0.961. The predicted molar refractivity (Wildman–Crippen MR) is 176 cm³/mol. The van der Waals surface area contributed by atoms with Crippen LogP contribution >= 0.6 is 11.8 Å². The largest absolute Gasteiger partial charge is 0.273 e. The molecule has 1 aromatic heterocycles. The average Bonchev–Trinajstić information content (AvgIpc) is 3.48. The van der Waals surface area contributed by atoms with Gasteiger partial charge in [-0.15, -0.1) is 10.2 Å². The number of benzene rings is 5. The predicted octanol–water partition coefficient (Wildman–Crippen LogP) is 7.19. The molecule has 0 bridgehead atoms. The van der Waals surface area contributed by atoms with Gasteiger partial charge in [-0.1, -0.05) is 102 Å². The minimum Gasteiger partial charge on any atom is -0.273 e. The molecule has 45 heavy (non-hydrogen) atoms. The van der Waals surface area contributed by atoms with E-state index in [-0.39, 0.29) is 10.6 Å². The Kier molecular flexibility index (Phi) is 8.74. The summed E-state index contributed by atoms with van der Waals surface area (Å²) in [5, 5.41) is 22.7. The molecule has 0 saturated carbocycles. The molecule has 0 aliphatic carbocycles. The van der Waals surface area contributed by atoms with Gasteiger partial charge in [0.1, 0.15) is 0 Å². The molecule has 9 nitrogen and oxygen atoms in total. The highest BCUT2D eigenvalue weighted by molar-refractivity contribution is 7.98. The van der Waals surface area contributed by atoms with E-state index >= 15 is 0 Å². The molecule has 1 unspecified atom stereocenters. The average molecular weight is 636 g/mol. The number of sulfonamides is 1. The van der Waals surface area contributed by atoms with Gasteiger partial charge in [-0.2, -0.15) is 0 Å². The Labute approximate surface area is 265 Å². The topological polar surface area (TPSA) is 120 Å². The summed E-state index contributed by atoms with van der Waals surface area (Å²) in [6.07, 6.45) is 0.293. The maximum atomic E-state index is 13.9. The molecule has 226 valence electrons. The van der Waals surface area contributed by atoms with Crippen LogP contribution in [-0.4, -0.2) is 28.1 Å². The minimum absolute atomic E-state index is 0.0554. The van der Waals surface area contributed by atoms with Crippen LogP contribution in [0.25, 0.3) is 16.5 Å². The van der Waals surface area contributed by atoms with Crippen molar-refractivity contribution < 1.29 is 13.3 Å². The fraction of sp³-hybridized carbons (Fsp3) is 0.118. The van der Waals surface area contributed by atoms with Crippen molar-refractivity contribution in [1.29, 1.82) is 0 Å². The summed E-state index contributed by atoms with van der Waals surface area (Å²) in [4.78, 5) is 11.1. The van der Waals surface area contributed by atoms with Crippen LogP contribution in [-0.2, 0) is 22.2 Å². The van der Waals surface area contributed by atoms with E-state index < -0.39 is 21.0 Å². The van der Waals surface area contributed by atoms with E-state index in [2.05, 4.69) is 21.0 Å². The van der Waals surface area contributed by atoms with Gasteiger partial charge in [0.15, 0.2) is 11.0 Å². The van der Waals surface area contributed by atoms with Gasteiger partial charge in [0.05, 0.1) is 15.9 Å². The van der Waals surface area contributed by atoms with E-state index in [0.29, 0.717) is 28.8 Å². The van der Waals surface area contributed by atoms with Crippen molar-refractivity contribution in [3.05, 3.63) is 154 Å². The Bertz CT molecular complexity index is 2080. The number of nitro groups is 1. The zero-order valence-electron chi connectivity index (χ0n) is 24.3. The van der Waals surface area contributed by atoms with Crippen LogP contribution in [0.1, 0.15) is 28.6 Å². The monoisotopic (exact) mass is 635 g/mol. The molecule has 1 heterocycles. The first-order valence-electron chi connectivity index (χ1n) is 14.2. The number of fused-ring (bicyclic) bond motifs is 1. The highest BCUT2D eigenvalue weighted by atomic mass is 32.2. The van der Waals surface area contributed by atoms with Gasteiger partial charge >= 0.3 is 0 Å². The van der Waals surface area contributed by atoms with Crippen LogP contribution < -0.4 is 4.72 Å². The third-order valence-corrected chi connectivity index (χ3v) is 9.82. The maximum absolute atomic E-state index is 13.9. The number of non-ortho nitro benzene ring substituents is 1. The second-order valence-corrected chi connectivity index (χ2v) is 13.3. The summed E-state index contributed by atoms with van der Waals surface area (Å²) in [5.41, 5.74) is 3.65. The summed E-state index contributed by atoms with van der Waals surface area (Å²) in [6, 6.07) is 35.6. The summed E-state index contributed by atoms with van der Waals surface area (Å²) >= 11 is 1.45. The molecule has 6 rings (SSSR count). The van der Waals surface area contributed by atoms with E-state index in [4.69, 9.17) is 0 Å². The Morgan fingerprint density at radius 1 is 0.822 bits per heavy atom. The lowest BCUT2D eigenvalue weighted by Crippen LogP contribution is -2.32. The number of hydrogen-bond acceptors (Lipinski definition) is 7. The number of aromatic nitrogens is 3. The SMILES string of the molecule is Cc1cccc(CSc2nnc(C(Cc3ccccc3)NS(=O)(=O)c3ccc4ccccc4c3)n2-c2ccc([N+](=O)[O-])cc2)c1. The zero-order valence-corrected chi connectivity index (χ0v) is 25.9. The number of hydrogen-bond donors (Lipinski definition) is 1. The van der Waals surface area contributed by atoms with Crippen LogP contribution in [0.5, 0.6) is 0 Å². The molecule has 0 fully saturated rings. The van der Waals surface area contributed by atoms with Crippen molar-refractivity contribution >= 4 is 38.2 Å². The molecule has 0 radical (unpaired) electrons. The second-order valence-electron chi connectivity index (χ2n) is 10.6. The fourth-order valence-corrected chi connectivity index (χ4v) is 7.27. The van der Waals surface area contributed by atoms with Gasteiger partial charge in [-0.05, 0) is 59.5 Å². The van der Waals surface area contributed by atoms with Crippen LogP contribution in [0, 0.1) is 17.0 Å². The Morgan fingerprint density at radius 2 is 1.53 bits per heavy atom. The van der Waals surface area contributed by atoms with E-state index in [0.717, 1.165) is 27.5 Å². The molecular formula is C34H29N5O4S2. The number of nitro benzene ring substituents is 1. The minimum atomic E-state index is -4.01. The second kappa shape index (κ2) is 13.0. The normalized spacial score (nSPS) is 12.3. The van der Waals surface area contributed by atoms with Gasteiger partial charge in [-0.3, -0.25) is 14.7 Å². The lowest BCUT2D eigenvalue weighted by Gasteiger charge is -2.20. The van der Waals surface area contributed by atoms with Crippen LogP contribution in [0.3, 0.4) is 0 Å². The quantitative estimate of drug-likeness (QED) is 0.0909. The van der Waals surface area contributed by atoms with Crippen LogP contribution in [0.4, 0.5) is 5.69 Å². The summed E-state index contributed by atoms with van der Waals surface area (Å²) < 4.78 is 32.5. The third-order valence-electron chi connectivity index (χ3n) is 7.35. The van der Waals surface area contributed by atoms with Crippen molar-refractivity contribution in [3.63, 3.8) is 0 Å². The number of rotatable bonds is 11. The van der Waals surface area contributed by atoms with Gasteiger partial charge in [-0.25, -0.2) is 13.1 Å². The van der Waals surface area contributed by atoms with Gasteiger partial charge in [0.2, 0.25) is 10.0 Å². The van der Waals surface area contributed by atoms with E-state index in [1.165, 1.54) is 23.9 Å². The first kappa shape index (κ1) is 30.2. The zero-order chi connectivity index (χ0) is 31.4. The molecule has 6 aromatic rings. The van der Waals surface area contributed by atoms with E-state index in [1.807, 2.05) is 79.7 Å². The lowest BCUT2D eigenvalue weighted by molar-refractivity contribution is -0.384. The third kappa shape index (κ3) is 6.96.